The van der Waals surface area contributed by atoms with Gasteiger partial charge in [0.05, 0.1) is 12.0 Å². The zero-order chi connectivity index (χ0) is 18.3. The summed E-state index contributed by atoms with van der Waals surface area (Å²) < 4.78 is 10.0. The number of ether oxygens (including phenoxy) is 2. The number of nitro groups is 1. The molecule has 0 aliphatic heterocycles. The number of nitro benzene ring substituents is 1. The van der Waals surface area contributed by atoms with Crippen LogP contribution in [0.1, 0.15) is 25.8 Å². The van der Waals surface area contributed by atoms with Gasteiger partial charge in [0.1, 0.15) is 11.8 Å². The Morgan fingerprint density at radius 2 is 2.04 bits per heavy atom. The Morgan fingerprint density at radius 1 is 1.38 bits per heavy atom. The molecule has 0 heterocycles. The van der Waals surface area contributed by atoms with Crippen molar-refractivity contribution in [3.63, 3.8) is 0 Å². The summed E-state index contributed by atoms with van der Waals surface area (Å²) in [4.78, 5) is 34.0. The summed E-state index contributed by atoms with van der Waals surface area (Å²) in [5.74, 6) is -0.722. The van der Waals surface area contributed by atoms with Crippen LogP contribution in [0.5, 0.6) is 5.75 Å². The molecule has 2 atom stereocenters. The number of hydrogen-bond donors (Lipinski definition) is 1. The van der Waals surface area contributed by atoms with Crippen LogP contribution in [0.2, 0.25) is 0 Å². The predicted molar refractivity (Wildman–Crippen MR) is 86.7 cm³/mol. The average Bonchev–Trinajstić information content (AvgIpc) is 2.56. The summed E-state index contributed by atoms with van der Waals surface area (Å²) in [5, 5.41) is 13.3. The molecule has 1 N–H and O–H groups in total. The van der Waals surface area contributed by atoms with Crippen molar-refractivity contribution >= 4 is 17.6 Å². The molecule has 0 saturated carbocycles. The molecule has 0 unspecified atom stereocenters. The second kappa shape index (κ2) is 8.85. The topological polar surface area (TPSA) is 108 Å². The molecule has 0 spiro atoms. The van der Waals surface area contributed by atoms with Gasteiger partial charge in [-0.25, -0.2) is 4.79 Å². The van der Waals surface area contributed by atoms with E-state index in [-0.39, 0.29) is 18.2 Å². The summed E-state index contributed by atoms with van der Waals surface area (Å²) in [7, 11) is 1.26. The molecule has 1 rings (SSSR count). The SMILES string of the molecule is CC[C@H](C)[C@H](NC(=O)COc1ccc([N+](=O)[O-])c(C)c1)C(=O)OC. The third-order valence-corrected chi connectivity index (χ3v) is 3.72. The molecule has 8 nitrogen and oxygen atoms in total. The van der Waals surface area contributed by atoms with E-state index in [1.165, 1.54) is 25.3 Å². The van der Waals surface area contributed by atoms with Crippen LogP contribution < -0.4 is 10.1 Å². The van der Waals surface area contributed by atoms with Gasteiger partial charge in [0.15, 0.2) is 6.61 Å². The number of rotatable bonds is 8. The molecule has 0 aromatic heterocycles. The molecule has 1 amide bonds. The Morgan fingerprint density at radius 3 is 2.54 bits per heavy atom. The van der Waals surface area contributed by atoms with Gasteiger partial charge < -0.3 is 14.8 Å². The molecule has 1 aromatic rings. The van der Waals surface area contributed by atoms with Crippen molar-refractivity contribution in [3.05, 3.63) is 33.9 Å². The minimum absolute atomic E-state index is 0.0191. The minimum atomic E-state index is -0.741. The summed E-state index contributed by atoms with van der Waals surface area (Å²) in [6.07, 6.45) is 0.697. The van der Waals surface area contributed by atoms with Gasteiger partial charge in [-0.1, -0.05) is 20.3 Å². The van der Waals surface area contributed by atoms with Gasteiger partial charge in [-0.15, -0.1) is 0 Å². The second-order valence-electron chi connectivity index (χ2n) is 5.45. The Balaban J connectivity index is 2.66. The van der Waals surface area contributed by atoms with E-state index in [4.69, 9.17) is 9.47 Å². The lowest BCUT2D eigenvalue weighted by molar-refractivity contribution is -0.385. The minimum Gasteiger partial charge on any atom is -0.484 e. The molecule has 8 heteroatoms. The fourth-order valence-corrected chi connectivity index (χ4v) is 2.08. The van der Waals surface area contributed by atoms with Gasteiger partial charge in [0.25, 0.3) is 11.6 Å². The van der Waals surface area contributed by atoms with Crippen LogP contribution in [0.3, 0.4) is 0 Å². The van der Waals surface area contributed by atoms with E-state index < -0.39 is 22.8 Å². The lowest BCUT2D eigenvalue weighted by Gasteiger charge is -2.21. The fourth-order valence-electron chi connectivity index (χ4n) is 2.08. The van der Waals surface area contributed by atoms with Crippen LogP contribution in [-0.2, 0) is 14.3 Å². The highest BCUT2D eigenvalue weighted by Crippen LogP contribution is 2.22. The number of carbonyl (C=O) groups excluding carboxylic acids is 2. The molecule has 0 fully saturated rings. The number of benzene rings is 1. The van der Waals surface area contributed by atoms with Crippen LogP contribution in [0.4, 0.5) is 5.69 Å². The van der Waals surface area contributed by atoms with E-state index in [1.807, 2.05) is 13.8 Å². The smallest absolute Gasteiger partial charge is 0.328 e. The van der Waals surface area contributed by atoms with Crippen molar-refractivity contribution in [2.45, 2.75) is 33.2 Å². The van der Waals surface area contributed by atoms with Crippen molar-refractivity contribution in [2.24, 2.45) is 5.92 Å². The summed E-state index contributed by atoms with van der Waals surface area (Å²) in [5.41, 5.74) is 0.416. The number of hydrogen-bond acceptors (Lipinski definition) is 6. The number of amides is 1. The zero-order valence-corrected chi connectivity index (χ0v) is 14.2. The summed E-state index contributed by atoms with van der Waals surface area (Å²) in [6.45, 7) is 5.02. The number of esters is 1. The molecule has 0 bridgehead atoms. The number of nitrogens with zero attached hydrogens (tertiary/aromatic N) is 1. The van der Waals surface area contributed by atoms with Gasteiger partial charge in [0, 0.05) is 11.6 Å². The van der Waals surface area contributed by atoms with E-state index in [0.29, 0.717) is 17.7 Å². The largest absolute Gasteiger partial charge is 0.484 e. The van der Waals surface area contributed by atoms with Crippen LogP contribution in [0, 0.1) is 23.0 Å². The van der Waals surface area contributed by atoms with E-state index in [2.05, 4.69) is 5.32 Å². The second-order valence-corrected chi connectivity index (χ2v) is 5.45. The molecular formula is C16H22N2O6. The number of nitrogens with one attached hydrogen (secondary N) is 1. The normalized spacial score (nSPS) is 12.8. The van der Waals surface area contributed by atoms with Crippen LogP contribution in [0.15, 0.2) is 18.2 Å². The van der Waals surface area contributed by atoms with Crippen molar-refractivity contribution < 1.29 is 24.0 Å². The molecular weight excluding hydrogens is 316 g/mol. The Hall–Kier alpha value is -2.64. The molecule has 0 aliphatic carbocycles. The third kappa shape index (κ3) is 5.22. The quantitative estimate of drug-likeness (QED) is 0.441. The Bertz CT molecular complexity index is 617. The number of aryl methyl sites for hydroxylation is 1. The van der Waals surface area contributed by atoms with E-state index in [0.717, 1.165) is 0 Å². The summed E-state index contributed by atoms with van der Waals surface area (Å²) >= 11 is 0. The fraction of sp³-hybridized carbons (Fsp3) is 0.500. The standard InChI is InChI=1S/C16H22N2O6/c1-5-10(2)15(16(20)23-4)17-14(19)9-24-12-6-7-13(18(21)22)11(3)8-12/h6-8,10,15H,5,9H2,1-4H3,(H,17,19)/t10-,15-/m0/s1. The van der Waals surface area contributed by atoms with Crippen molar-refractivity contribution in [3.8, 4) is 5.75 Å². The Labute approximate surface area is 140 Å². The summed E-state index contributed by atoms with van der Waals surface area (Å²) in [6, 6.07) is 3.48. The predicted octanol–water partition coefficient (Wildman–Crippen LogP) is 1.99. The first-order chi connectivity index (χ1) is 11.3. The third-order valence-electron chi connectivity index (χ3n) is 3.72. The molecule has 0 saturated heterocycles. The van der Waals surface area contributed by atoms with Gasteiger partial charge in [-0.05, 0) is 25.0 Å². The molecule has 24 heavy (non-hydrogen) atoms. The van der Waals surface area contributed by atoms with Gasteiger partial charge >= 0.3 is 5.97 Å². The van der Waals surface area contributed by atoms with Crippen molar-refractivity contribution in [2.75, 3.05) is 13.7 Å². The lowest BCUT2D eigenvalue weighted by atomic mass is 9.99. The maximum absolute atomic E-state index is 12.0. The molecule has 0 aliphatic rings. The highest BCUT2D eigenvalue weighted by Gasteiger charge is 2.26. The molecule has 0 radical (unpaired) electrons. The Kier molecular flexibility index (Phi) is 7.16. The molecule has 132 valence electrons. The average molecular weight is 338 g/mol. The first-order valence-electron chi connectivity index (χ1n) is 7.55. The van der Waals surface area contributed by atoms with Crippen molar-refractivity contribution in [1.82, 2.24) is 5.32 Å². The monoisotopic (exact) mass is 338 g/mol. The number of carbonyl (C=O) groups is 2. The van der Waals surface area contributed by atoms with Crippen LogP contribution in [-0.4, -0.2) is 36.6 Å². The number of methoxy groups -OCH3 is 1. The van der Waals surface area contributed by atoms with Gasteiger partial charge in [-0.2, -0.15) is 0 Å². The first kappa shape index (κ1) is 19.4. The first-order valence-corrected chi connectivity index (χ1v) is 7.55. The van der Waals surface area contributed by atoms with E-state index in [9.17, 15) is 19.7 Å². The highest BCUT2D eigenvalue weighted by atomic mass is 16.6. The maximum Gasteiger partial charge on any atom is 0.328 e. The zero-order valence-electron chi connectivity index (χ0n) is 14.2. The van der Waals surface area contributed by atoms with Crippen LogP contribution >= 0.6 is 0 Å². The van der Waals surface area contributed by atoms with Gasteiger partial charge in [0.2, 0.25) is 0 Å². The van der Waals surface area contributed by atoms with Crippen LogP contribution in [0.25, 0.3) is 0 Å². The highest BCUT2D eigenvalue weighted by molar-refractivity contribution is 5.85. The van der Waals surface area contributed by atoms with Crippen molar-refractivity contribution in [1.29, 1.82) is 0 Å². The van der Waals surface area contributed by atoms with E-state index >= 15 is 0 Å². The van der Waals surface area contributed by atoms with E-state index in [1.54, 1.807) is 6.92 Å². The maximum atomic E-state index is 12.0. The molecule has 1 aromatic carbocycles. The lowest BCUT2D eigenvalue weighted by Crippen LogP contribution is -2.47. The van der Waals surface area contributed by atoms with Gasteiger partial charge in [-0.3, -0.25) is 14.9 Å².